The van der Waals surface area contributed by atoms with E-state index in [0.29, 0.717) is 31.1 Å². The maximum Gasteiger partial charge on any atom is 0.270 e. The first-order valence-electron chi connectivity index (χ1n) is 12.0. The Bertz CT molecular complexity index is 1120. The van der Waals surface area contributed by atoms with Crippen molar-refractivity contribution in [3.63, 3.8) is 0 Å². The molecule has 2 saturated heterocycles. The Balaban J connectivity index is 1.26. The summed E-state index contributed by atoms with van der Waals surface area (Å²) in [5.41, 5.74) is 3.87. The van der Waals surface area contributed by atoms with E-state index in [9.17, 15) is 13.6 Å². The molecule has 4 heterocycles. The Morgan fingerprint density at radius 2 is 2.21 bits per heavy atom. The van der Waals surface area contributed by atoms with E-state index in [1.54, 1.807) is 6.20 Å². The predicted molar refractivity (Wildman–Crippen MR) is 126 cm³/mol. The fraction of sp³-hybridized carbons (Fsp3) is 0.500. The Kier molecular flexibility index (Phi) is 6.22. The molecule has 2 N–H and O–H groups in total. The maximum atomic E-state index is 14.2. The van der Waals surface area contributed by atoms with Gasteiger partial charge in [-0.1, -0.05) is 24.0 Å². The first-order valence-corrected chi connectivity index (χ1v) is 12.0. The van der Waals surface area contributed by atoms with Crippen LogP contribution < -0.4 is 10.6 Å². The highest BCUT2D eigenvalue weighted by Crippen LogP contribution is 2.37. The lowest BCUT2D eigenvalue weighted by atomic mass is 9.90. The van der Waals surface area contributed by atoms with Crippen molar-refractivity contribution in [2.75, 3.05) is 19.6 Å². The number of rotatable bonds is 2. The lowest BCUT2D eigenvalue weighted by Gasteiger charge is -2.35. The van der Waals surface area contributed by atoms with Gasteiger partial charge in [-0.2, -0.15) is 5.10 Å². The molecule has 0 radical (unpaired) electrons. The van der Waals surface area contributed by atoms with Gasteiger partial charge in [-0.15, -0.1) is 0 Å². The molecule has 1 aromatic heterocycles. The third-order valence-electron chi connectivity index (χ3n) is 7.09. The number of halogens is 2. The molecular weight excluding hydrogens is 436 g/mol. The molecule has 178 valence electrons. The lowest BCUT2D eigenvalue weighted by molar-refractivity contribution is -0.122. The topological polar surface area (TPSA) is 69.6 Å². The van der Waals surface area contributed by atoms with Crippen LogP contribution in [-0.4, -0.2) is 53.3 Å². The zero-order valence-corrected chi connectivity index (χ0v) is 19.3. The molecule has 1 aliphatic carbocycles. The van der Waals surface area contributed by atoms with Gasteiger partial charge in [0.2, 0.25) is 5.91 Å². The van der Waals surface area contributed by atoms with Crippen molar-refractivity contribution in [1.29, 1.82) is 0 Å². The number of hydrazone groups is 1. The largest absolute Gasteiger partial charge is 0.316 e. The van der Waals surface area contributed by atoms with Crippen LogP contribution in [0.3, 0.4) is 0 Å². The van der Waals surface area contributed by atoms with E-state index in [2.05, 4.69) is 38.6 Å². The third-order valence-corrected chi connectivity index (χ3v) is 7.09. The Morgan fingerprint density at radius 3 is 3.00 bits per heavy atom. The smallest absolute Gasteiger partial charge is 0.270 e. The van der Waals surface area contributed by atoms with E-state index in [-0.39, 0.29) is 18.7 Å². The molecule has 3 aliphatic heterocycles. The molecule has 1 amide bonds. The highest BCUT2D eigenvalue weighted by atomic mass is 19.3. The molecule has 0 spiro atoms. The molecule has 4 aliphatic rings. The van der Waals surface area contributed by atoms with E-state index in [1.807, 2.05) is 25.3 Å². The SMILES string of the molecule is CC1=CCC(C(=O)NC2=NN3CCCC(F)(F)C3C2)C=C1C#Cc1cncc(C2CCNC2)c1. The van der Waals surface area contributed by atoms with Crippen molar-refractivity contribution < 1.29 is 13.6 Å². The number of alkyl halides is 2. The number of carbonyl (C=O) groups is 1. The molecule has 8 heteroatoms. The molecule has 6 nitrogen and oxygen atoms in total. The maximum absolute atomic E-state index is 14.2. The summed E-state index contributed by atoms with van der Waals surface area (Å²) in [5, 5.41) is 11.8. The van der Waals surface area contributed by atoms with Gasteiger partial charge in [0.25, 0.3) is 5.92 Å². The molecule has 34 heavy (non-hydrogen) atoms. The molecule has 0 bridgehead atoms. The summed E-state index contributed by atoms with van der Waals surface area (Å²) in [6.45, 7) is 4.46. The van der Waals surface area contributed by atoms with Crippen LogP contribution >= 0.6 is 0 Å². The summed E-state index contributed by atoms with van der Waals surface area (Å²) in [5.74, 6) is 3.77. The monoisotopic (exact) mass is 465 g/mol. The molecule has 1 aromatic rings. The quantitative estimate of drug-likeness (QED) is 0.658. The minimum Gasteiger partial charge on any atom is -0.316 e. The zero-order valence-electron chi connectivity index (χ0n) is 19.3. The average Bonchev–Trinajstić information content (AvgIpc) is 3.49. The Labute approximate surface area is 198 Å². The number of amides is 1. The van der Waals surface area contributed by atoms with Crippen LogP contribution in [0.15, 0.2) is 46.9 Å². The Hall–Kier alpha value is -3.05. The molecular formula is C26H29F2N5O. The van der Waals surface area contributed by atoms with Gasteiger partial charge in [-0.3, -0.25) is 14.8 Å². The average molecular weight is 466 g/mol. The first kappa shape index (κ1) is 22.7. The fourth-order valence-corrected chi connectivity index (χ4v) is 5.05. The van der Waals surface area contributed by atoms with E-state index < -0.39 is 17.9 Å². The van der Waals surface area contributed by atoms with Gasteiger partial charge in [0, 0.05) is 49.5 Å². The summed E-state index contributed by atoms with van der Waals surface area (Å²) in [6.07, 6.45) is 9.52. The lowest BCUT2D eigenvalue weighted by Crippen LogP contribution is -2.47. The highest BCUT2D eigenvalue weighted by molar-refractivity contribution is 6.00. The molecule has 2 fully saturated rings. The third kappa shape index (κ3) is 4.76. The minimum absolute atomic E-state index is 0.0660. The van der Waals surface area contributed by atoms with Gasteiger partial charge in [-0.05, 0) is 55.9 Å². The van der Waals surface area contributed by atoms with Crippen LogP contribution in [-0.2, 0) is 4.79 Å². The van der Waals surface area contributed by atoms with Crippen LogP contribution in [0.25, 0.3) is 0 Å². The van der Waals surface area contributed by atoms with Crippen LogP contribution in [0, 0.1) is 17.8 Å². The number of hydrogen-bond acceptors (Lipinski definition) is 5. The van der Waals surface area contributed by atoms with Gasteiger partial charge in [0.05, 0.1) is 5.92 Å². The fourth-order valence-electron chi connectivity index (χ4n) is 5.05. The summed E-state index contributed by atoms with van der Waals surface area (Å²) >= 11 is 0. The van der Waals surface area contributed by atoms with Crippen molar-refractivity contribution in [1.82, 2.24) is 20.6 Å². The van der Waals surface area contributed by atoms with Gasteiger partial charge in [-0.25, -0.2) is 8.78 Å². The number of nitrogens with one attached hydrogen (secondary N) is 2. The van der Waals surface area contributed by atoms with Crippen molar-refractivity contribution in [2.45, 2.75) is 56.9 Å². The number of allylic oxidation sites excluding steroid dienone is 3. The molecule has 3 atom stereocenters. The van der Waals surface area contributed by atoms with Crippen molar-refractivity contribution >= 4 is 11.7 Å². The van der Waals surface area contributed by atoms with Gasteiger partial charge < -0.3 is 10.6 Å². The minimum atomic E-state index is -2.78. The number of pyridine rings is 1. The highest BCUT2D eigenvalue weighted by Gasteiger charge is 2.49. The van der Waals surface area contributed by atoms with Gasteiger partial charge in [0.1, 0.15) is 11.9 Å². The first-order chi connectivity index (χ1) is 16.4. The predicted octanol–water partition coefficient (Wildman–Crippen LogP) is 3.34. The van der Waals surface area contributed by atoms with Crippen LogP contribution in [0.1, 0.15) is 56.1 Å². The second-order valence-electron chi connectivity index (χ2n) is 9.54. The summed E-state index contributed by atoms with van der Waals surface area (Å²) in [7, 11) is 0. The van der Waals surface area contributed by atoms with Crippen molar-refractivity contribution in [3.05, 3.63) is 52.9 Å². The molecule has 5 rings (SSSR count). The summed E-state index contributed by atoms with van der Waals surface area (Å²) in [4.78, 5) is 17.3. The Morgan fingerprint density at radius 1 is 1.32 bits per heavy atom. The van der Waals surface area contributed by atoms with Crippen molar-refractivity contribution in [2.24, 2.45) is 11.0 Å². The standard InChI is InChI=1S/C26H29F2N5O/c1-17-3-5-20(25(34)31-24-13-23-26(27,28)8-2-10-33(23)32-24)12-19(17)6-4-18-11-22(16-30-14-18)21-7-9-29-15-21/h3,11-12,14,16,20-21,23,29H,2,5,7-10,13,15H2,1H3,(H,31,32,34). The second kappa shape index (κ2) is 9.30. The van der Waals surface area contributed by atoms with E-state index in [4.69, 9.17) is 0 Å². The summed E-state index contributed by atoms with van der Waals surface area (Å²) in [6, 6.07) is 1.14. The molecule has 0 saturated carbocycles. The number of carbonyl (C=O) groups excluding carboxylic acids is 1. The van der Waals surface area contributed by atoms with E-state index in [1.165, 1.54) is 10.6 Å². The van der Waals surface area contributed by atoms with Crippen molar-refractivity contribution in [3.8, 4) is 11.8 Å². The number of hydrogen-bond donors (Lipinski definition) is 2. The van der Waals surface area contributed by atoms with Crippen LogP contribution in [0.2, 0.25) is 0 Å². The van der Waals surface area contributed by atoms with Gasteiger partial charge >= 0.3 is 0 Å². The number of aromatic nitrogens is 1. The van der Waals surface area contributed by atoms with E-state index >= 15 is 0 Å². The number of fused-ring (bicyclic) bond motifs is 1. The second-order valence-corrected chi connectivity index (χ2v) is 9.54. The van der Waals surface area contributed by atoms with Crippen LogP contribution in [0.5, 0.6) is 0 Å². The number of amidine groups is 1. The van der Waals surface area contributed by atoms with E-state index in [0.717, 1.165) is 36.2 Å². The summed E-state index contributed by atoms with van der Waals surface area (Å²) < 4.78 is 28.4. The molecule has 3 unspecified atom stereocenters. The van der Waals surface area contributed by atoms with Crippen LogP contribution in [0.4, 0.5) is 8.78 Å². The molecule has 0 aromatic carbocycles. The normalized spacial score (nSPS) is 27.7. The number of piperidine rings is 1. The van der Waals surface area contributed by atoms with Gasteiger partial charge in [0.15, 0.2) is 0 Å². The number of nitrogens with zero attached hydrogens (tertiary/aromatic N) is 3. The zero-order chi connectivity index (χ0) is 23.7.